The smallest absolute Gasteiger partial charge is 0.262 e. The molecule has 1 amide bonds. The molecule has 1 aromatic heterocycles. The van der Waals surface area contributed by atoms with E-state index in [4.69, 9.17) is 4.74 Å². The van der Waals surface area contributed by atoms with Gasteiger partial charge in [0, 0.05) is 44.5 Å². The molecule has 0 aliphatic carbocycles. The van der Waals surface area contributed by atoms with Crippen molar-refractivity contribution in [2.45, 2.75) is 38.6 Å². The molecule has 0 spiro atoms. The van der Waals surface area contributed by atoms with Gasteiger partial charge in [-0.25, -0.2) is 13.4 Å². The predicted molar refractivity (Wildman–Crippen MR) is 128 cm³/mol. The number of nitrogens with zero attached hydrogens (tertiary/aromatic N) is 4. The van der Waals surface area contributed by atoms with Crippen molar-refractivity contribution in [3.8, 4) is 5.75 Å². The molecule has 1 N–H and O–H groups in total. The highest BCUT2D eigenvalue weighted by atomic mass is 32.2. The summed E-state index contributed by atoms with van der Waals surface area (Å²) in [5.41, 5.74) is 0.704. The fourth-order valence-corrected chi connectivity index (χ4v) is 5.35. The molecule has 1 aliphatic rings. The van der Waals surface area contributed by atoms with Crippen LogP contribution >= 0.6 is 0 Å². The van der Waals surface area contributed by atoms with Crippen molar-refractivity contribution in [2.24, 2.45) is 13.0 Å². The Balaban J connectivity index is 1.48. The number of sulfonamides is 1. The first-order valence-electron chi connectivity index (χ1n) is 11.5. The molecule has 3 rings (SSSR count). The number of benzene rings is 1. The Kier molecular flexibility index (Phi) is 8.50. The van der Waals surface area contributed by atoms with Gasteiger partial charge in [0.05, 0.1) is 0 Å². The average molecular weight is 478 g/mol. The standard InChI is InChI=1S/C23H35N5O4S/c1-5-27(6-2)15-16-32-21-9-7-20(8-10-21)25-23(29)19-11-13-28(14-12-19)33(30,31)22-17-26(4)18(3)24-22/h7-10,17,19H,5-6,11-16H2,1-4H3,(H,25,29). The maximum absolute atomic E-state index is 12.8. The fourth-order valence-electron chi connectivity index (χ4n) is 3.85. The maximum Gasteiger partial charge on any atom is 0.262 e. The van der Waals surface area contributed by atoms with Crippen LogP contribution < -0.4 is 10.1 Å². The number of imidazole rings is 1. The zero-order chi connectivity index (χ0) is 24.0. The first kappa shape index (κ1) is 25.2. The molecule has 0 unspecified atom stereocenters. The lowest BCUT2D eigenvalue weighted by molar-refractivity contribution is -0.120. The molecule has 33 heavy (non-hydrogen) atoms. The molecule has 9 nitrogen and oxygen atoms in total. The summed E-state index contributed by atoms with van der Waals surface area (Å²) in [5, 5.41) is 3.00. The third kappa shape index (κ3) is 6.33. The third-order valence-electron chi connectivity index (χ3n) is 6.21. The van der Waals surface area contributed by atoms with Gasteiger partial charge in [0.15, 0.2) is 5.03 Å². The molecule has 10 heteroatoms. The van der Waals surface area contributed by atoms with E-state index in [1.54, 1.807) is 18.5 Å². The quantitative estimate of drug-likeness (QED) is 0.565. The zero-order valence-corrected chi connectivity index (χ0v) is 20.8. The topological polar surface area (TPSA) is 96.8 Å². The summed E-state index contributed by atoms with van der Waals surface area (Å²) in [7, 11) is -1.87. The Morgan fingerprint density at radius 1 is 1.18 bits per heavy atom. The lowest BCUT2D eigenvalue weighted by atomic mass is 9.97. The van der Waals surface area contributed by atoms with Gasteiger partial charge in [-0.15, -0.1) is 0 Å². The van der Waals surface area contributed by atoms with E-state index in [2.05, 4.69) is 29.0 Å². The molecule has 0 atom stereocenters. The van der Waals surface area contributed by atoms with Gasteiger partial charge in [0.2, 0.25) is 5.91 Å². The summed E-state index contributed by atoms with van der Waals surface area (Å²) in [5.74, 6) is 1.09. The van der Waals surface area contributed by atoms with Crippen LogP contribution in [0, 0.1) is 12.8 Å². The summed E-state index contributed by atoms with van der Waals surface area (Å²) in [6.07, 6.45) is 2.48. The van der Waals surface area contributed by atoms with Crippen molar-refractivity contribution in [1.29, 1.82) is 0 Å². The predicted octanol–water partition coefficient (Wildman–Crippen LogP) is 2.49. The first-order valence-corrected chi connectivity index (χ1v) is 12.9. The van der Waals surface area contributed by atoms with Gasteiger partial charge in [-0.05, 0) is 57.1 Å². The van der Waals surface area contributed by atoms with Crippen LogP contribution in [0.25, 0.3) is 0 Å². The molecule has 1 aromatic carbocycles. The zero-order valence-electron chi connectivity index (χ0n) is 20.0. The van der Waals surface area contributed by atoms with Gasteiger partial charge in [-0.1, -0.05) is 13.8 Å². The van der Waals surface area contributed by atoms with Gasteiger partial charge < -0.3 is 19.5 Å². The second-order valence-corrected chi connectivity index (χ2v) is 10.2. The number of rotatable bonds is 10. The number of likely N-dealkylation sites (N-methyl/N-ethyl adjacent to an activating group) is 1. The number of ether oxygens (including phenoxy) is 1. The summed E-state index contributed by atoms with van der Waals surface area (Å²) in [6.45, 7) is 10.1. The largest absolute Gasteiger partial charge is 0.492 e. The first-order chi connectivity index (χ1) is 15.7. The molecular formula is C23H35N5O4S. The van der Waals surface area contributed by atoms with E-state index in [1.807, 2.05) is 24.3 Å². The normalized spacial score (nSPS) is 15.7. The number of carbonyl (C=O) groups excluding carboxylic acids is 1. The number of aryl methyl sites for hydroxylation is 2. The summed E-state index contributed by atoms with van der Waals surface area (Å²) in [6, 6.07) is 7.35. The van der Waals surface area contributed by atoms with Gasteiger partial charge in [0.1, 0.15) is 18.2 Å². The van der Waals surface area contributed by atoms with Crippen molar-refractivity contribution in [1.82, 2.24) is 18.8 Å². The molecule has 182 valence electrons. The minimum Gasteiger partial charge on any atom is -0.492 e. The van der Waals surface area contributed by atoms with Gasteiger partial charge in [0.25, 0.3) is 10.0 Å². The van der Waals surface area contributed by atoms with E-state index in [9.17, 15) is 13.2 Å². The lowest BCUT2D eigenvalue weighted by Gasteiger charge is -2.29. The highest BCUT2D eigenvalue weighted by molar-refractivity contribution is 7.89. The number of nitrogens with one attached hydrogen (secondary N) is 1. The minimum atomic E-state index is -3.64. The lowest BCUT2D eigenvalue weighted by Crippen LogP contribution is -2.41. The Labute approximate surface area is 196 Å². The second kappa shape index (κ2) is 11.1. The number of piperidine rings is 1. The Bertz CT molecular complexity index is 1000. The SMILES string of the molecule is CCN(CC)CCOc1ccc(NC(=O)C2CCN(S(=O)(=O)c3cn(C)c(C)n3)CC2)cc1. The fraction of sp³-hybridized carbons (Fsp3) is 0.565. The Morgan fingerprint density at radius 3 is 2.36 bits per heavy atom. The summed E-state index contributed by atoms with van der Waals surface area (Å²) >= 11 is 0. The molecule has 0 saturated carbocycles. The van der Waals surface area contributed by atoms with E-state index in [0.717, 1.165) is 25.4 Å². The molecule has 1 aliphatic heterocycles. The van der Waals surface area contributed by atoms with Crippen LogP contribution in [0.15, 0.2) is 35.5 Å². The molecule has 0 bridgehead atoms. The van der Waals surface area contributed by atoms with Crippen molar-refractivity contribution in [3.63, 3.8) is 0 Å². The van der Waals surface area contributed by atoms with Crippen molar-refractivity contribution < 1.29 is 17.9 Å². The van der Waals surface area contributed by atoms with E-state index >= 15 is 0 Å². The highest BCUT2D eigenvalue weighted by Gasteiger charge is 2.33. The third-order valence-corrected chi connectivity index (χ3v) is 7.98. The molecule has 2 aromatic rings. The average Bonchev–Trinajstić information content (AvgIpc) is 3.17. The van der Waals surface area contributed by atoms with Gasteiger partial charge in [-0.3, -0.25) is 4.79 Å². The van der Waals surface area contributed by atoms with Crippen molar-refractivity contribution in [2.75, 3.05) is 44.6 Å². The molecule has 1 saturated heterocycles. The molecule has 1 fully saturated rings. The van der Waals surface area contributed by atoms with Crippen LogP contribution in [0.1, 0.15) is 32.5 Å². The highest BCUT2D eigenvalue weighted by Crippen LogP contribution is 2.25. The summed E-state index contributed by atoms with van der Waals surface area (Å²) in [4.78, 5) is 19.2. The molecule has 0 radical (unpaired) electrons. The van der Waals surface area contributed by atoms with Crippen LogP contribution in [0.5, 0.6) is 5.75 Å². The number of anilines is 1. The van der Waals surface area contributed by atoms with Gasteiger partial charge in [-0.2, -0.15) is 4.31 Å². The number of aromatic nitrogens is 2. The van der Waals surface area contributed by atoms with E-state index in [-0.39, 0.29) is 16.9 Å². The molecular weight excluding hydrogens is 442 g/mol. The van der Waals surface area contributed by atoms with Crippen LogP contribution in [0.4, 0.5) is 5.69 Å². The number of amides is 1. The van der Waals surface area contributed by atoms with Crippen LogP contribution in [0.2, 0.25) is 0 Å². The van der Waals surface area contributed by atoms with Crippen molar-refractivity contribution >= 4 is 21.6 Å². The van der Waals surface area contributed by atoms with Crippen LogP contribution in [-0.2, 0) is 21.9 Å². The second-order valence-electron chi connectivity index (χ2n) is 8.30. The maximum atomic E-state index is 12.8. The monoisotopic (exact) mass is 477 g/mol. The Morgan fingerprint density at radius 2 is 1.82 bits per heavy atom. The summed E-state index contributed by atoms with van der Waals surface area (Å²) < 4.78 is 34.6. The van der Waals surface area contributed by atoms with E-state index in [1.165, 1.54) is 10.5 Å². The van der Waals surface area contributed by atoms with Crippen molar-refractivity contribution in [3.05, 3.63) is 36.3 Å². The minimum absolute atomic E-state index is 0.0600. The van der Waals surface area contributed by atoms with Gasteiger partial charge >= 0.3 is 0 Å². The van der Waals surface area contributed by atoms with Crippen LogP contribution in [-0.4, -0.2) is 72.4 Å². The number of hydrogen-bond donors (Lipinski definition) is 1. The van der Waals surface area contributed by atoms with E-state index < -0.39 is 10.0 Å². The molecule has 2 heterocycles. The Hall–Kier alpha value is -2.43. The van der Waals surface area contributed by atoms with E-state index in [0.29, 0.717) is 44.0 Å². The number of carbonyl (C=O) groups is 1. The number of hydrogen-bond acceptors (Lipinski definition) is 6. The van der Waals surface area contributed by atoms with Crippen LogP contribution in [0.3, 0.4) is 0 Å².